The Morgan fingerprint density at radius 2 is 2.14 bits per heavy atom. The molecule has 1 aliphatic heterocycles. The van der Waals surface area contributed by atoms with Gasteiger partial charge in [-0.2, -0.15) is 0 Å². The lowest BCUT2D eigenvalue weighted by atomic mass is 10.1. The predicted octanol–water partition coefficient (Wildman–Crippen LogP) is 1.84. The van der Waals surface area contributed by atoms with Crippen LogP contribution in [0.1, 0.15) is 25.8 Å². The summed E-state index contributed by atoms with van der Waals surface area (Å²) in [6, 6.07) is 5.93. The number of carbonyl (C=O) groups is 1. The molecule has 0 fully saturated rings. The van der Waals surface area contributed by atoms with E-state index in [4.69, 9.17) is 4.74 Å². The van der Waals surface area contributed by atoms with Crippen molar-refractivity contribution in [1.82, 2.24) is 10.2 Å². The Morgan fingerprint density at radius 1 is 1.33 bits per heavy atom. The molecule has 0 bridgehead atoms. The normalized spacial score (nSPS) is 13.8. The maximum atomic E-state index is 11.3. The maximum absolute atomic E-state index is 11.3. The van der Waals surface area contributed by atoms with E-state index in [2.05, 4.69) is 29.4 Å². The van der Waals surface area contributed by atoms with Crippen molar-refractivity contribution in [3.05, 3.63) is 23.8 Å². The second-order valence-corrected chi connectivity index (χ2v) is 5.22. The lowest BCUT2D eigenvalue weighted by Crippen LogP contribution is -2.27. The van der Waals surface area contributed by atoms with Crippen LogP contribution >= 0.6 is 0 Å². The first-order chi connectivity index (χ1) is 10.2. The van der Waals surface area contributed by atoms with Gasteiger partial charge in [0, 0.05) is 6.54 Å². The molecule has 0 atom stereocenters. The smallest absolute Gasteiger partial charge is 0.262 e. The highest BCUT2D eigenvalue weighted by Gasteiger charge is 2.15. The summed E-state index contributed by atoms with van der Waals surface area (Å²) in [4.78, 5) is 13.7. The van der Waals surface area contributed by atoms with Gasteiger partial charge in [0.15, 0.2) is 6.61 Å². The minimum absolute atomic E-state index is 0.0909. The van der Waals surface area contributed by atoms with E-state index >= 15 is 0 Å². The number of ether oxygens (including phenoxy) is 1. The molecule has 5 heteroatoms. The quantitative estimate of drug-likeness (QED) is 0.718. The molecule has 0 saturated carbocycles. The van der Waals surface area contributed by atoms with Crippen LogP contribution in [0.15, 0.2) is 18.2 Å². The molecule has 0 radical (unpaired) electrons. The molecule has 1 aliphatic rings. The van der Waals surface area contributed by atoms with Crippen LogP contribution < -0.4 is 15.4 Å². The molecule has 2 N–H and O–H groups in total. The van der Waals surface area contributed by atoms with Gasteiger partial charge in [-0.05, 0) is 50.3 Å². The number of fused-ring (bicyclic) bond motifs is 1. The Morgan fingerprint density at radius 3 is 2.90 bits per heavy atom. The van der Waals surface area contributed by atoms with Gasteiger partial charge in [-0.3, -0.25) is 4.79 Å². The first kappa shape index (κ1) is 15.8. The third-order valence-corrected chi connectivity index (χ3v) is 3.73. The van der Waals surface area contributed by atoms with E-state index in [1.807, 2.05) is 18.2 Å². The minimum atomic E-state index is -0.0909. The predicted molar refractivity (Wildman–Crippen MR) is 84.7 cm³/mol. The summed E-state index contributed by atoms with van der Waals surface area (Å²) in [6.07, 6.45) is 1.15. The summed E-state index contributed by atoms with van der Waals surface area (Å²) in [5.41, 5.74) is 1.93. The molecular weight excluding hydrogens is 266 g/mol. The zero-order chi connectivity index (χ0) is 15.1. The SMILES string of the molecule is CCN(CC)CCCNCc1ccc2c(c1)NC(=O)CO2. The highest BCUT2D eigenvalue weighted by Crippen LogP contribution is 2.28. The molecule has 1 aromatic carbocycles. The van der Waals surface area contributed by atoms with Crippen molar-refractivity contribution in [2.45, 2.75) is 26.8 Å². The maximum Gasteiger partial charge on any atom is 0.262 e. The second kappa shape index (κ2) is 8.00. The summed E-state index contributed by atoms with van der Waals surface area (Å²) in [7, 11) is 0. The van der Waals surface area contributed by atoms with E-state index in [9.17, 15) is 4.79 Å². The molecule has 1 aromatic rings. The topological polar surface area (TPSA) is 53.6 Å². The molecule has 1 heterocycles. The van der Waals surface area contributed by atoms with Gasteiger partial charge in [-0.1, -0.05) is 19.9 Å². The Balaban J connectivity index is 1.74. The fraction of sp³-hybridized carbons (Fsp3) is 0.562. The summed E-state index contributed by atoms with van der Waals surface area (Å²) < 4.78 is 5.35. The number of amides is 1. The van der Waals surface area contributed by atoms with Crippen LogP contribution in [0, 0.1) is 0 Å². The van der Waals surface area contributed by atoms with Gasteiger partial charge in [-0.15, -0.1) is 0 Å². The molecule has 0 spiro atoms. The zero-order valence-corrected chi connectivity index (χ0v) is 12.9. The van der Waals surface area contributed by atoms with Crippen LogP contribution in [0.2, 0.25) is 0 Å². The fourth-order valence-electron chi connectivity index (χ4n) is 2.44. The minimum Gasteiger partial charge on any atom is -0.482 e. The van der Waals surface area contributed by atoms with Crippen LogP contribution in [-0.2, 0) is 11.3 Å². The first-order valence-electron chi connectivity index (χ1n) is 7.71. The van der Waals surface area contributed by atoms with Gasteiger partial charge in [0.2, 0.25) is 0 Å². The number of hydrogen-bond acceptors (Lipinski definition) is 4. The Hall–Kier alpha value is -1.59. The monoisotopic (exact) mass is 291 g/mol. The van der Waals surface area contributed by atoms with Crippen molar-refractivity contribution < 1.29 is 9.53 Å². The summed E-state index contributed by atoms with van der Waals surface area (Å²) in [6.45, 7) is 9.66. The van der Waals surface area contributed by atoms with E-state index in [1.165, 1.54) is 0 Å². The van der Waals surface area contributed by atoms with Crippen LogP contribution in [0.5, 0.6) is 5.75 Å². The van der Waals surface area contributed by atoms with Crippen molar-refractivity contribution in [3.8, 4) is 5.75 Å². The van der Waals surface area contributed by atoms with Gasteiger partial charge in [0.25, 0.3) is 5.91 Å². The number of hydrogen-bond donors (Lipinski definition) is 2. The summed E-state index contributed by atoms with van der Waals surface area (Å²) in [5.74, 6) is 0.659. The lowest BCUT2D eigenvalue weighted by Gasteiger charge is -2.19. The second-order valence-electron chi connectivity index (χ2n) is 5.22. The van der Waals surface area contributed by atoms with Gasteiger partial charge in [-0.25, -0.2) is 0 Å². The highest BCUT2D eigenvalue weighted by molar-refractivity contribution is 5.95. The average Bonchev–Trinajstić information content (AvgIpc) is 2.50. The number of carbonyl (C=O) groups excluding carboxylic acids is 1. The van der Waals surface area contributed by atoms with Crippen molar-refractivity contribution in [3.63, 3.8) is 0 Å². The molecule has 1 amide bonds. The van der Waals surface area contributed by atoms with Gasteiger partial charge in [0.1, 0.15) is 5.75 Å². The van der Waals surface area contributed by atoms with E-state index < -0.39 is 0 Å². The molecule has 0 aliphatic carbocycles. The van der Waals surface area contributed by atoms with Crippen LogP contribution in [0.3, 0.4) is 0 Å². The number of nitrogens with zero attached hydrogens (tertiary/aromatic N) is 1. The zero-order valence-electron chi connectivity index (χ0n) is 12.9. The molecule has 2 rings (SSSR count). The van der Waals surface area contributed by atoms with E-state index in [0.29, 0.717) is 0 Å². The standard InChI is InChI=1S/C16H25N3O2/c1-3-19(4-2)9-5-8-17-11-13-6-7-15-14(10-13)18-16(20)12-21-15/h6-7,10,17H,3-5,8-9,11-12H2,1-2H3,(H,18,20). The highest BCUT2D eigenvalue weighted by atomic mass is 16.5. The molecule has 21 heavy (non-hydrogen) atoms. The summed E-state index contributed by atoms with van der Waals surface area (Å²) in [5, 5.41) is 6.28. The summed E-state index contributed by atoms with van der Waals surface area (Å²) >= 11 is 0. The van der Waals surface area contributed by atoms with Gasteiger partial charge in [0.05, 0.1) is 5.69 Å². The van der Waals surface area contributed by atoms with Gasteiger partial charge < -0.3 is 20.3 Å². The lowest BCUT2D eigenvalue weighted by molar-refractivity contribution is -0.118. The van der Waals surface area contributed by atoms with E-state index in [0.717, 1.165) is 56.1 Å². The molecular formula is C16H25N3O2. The number of anilines is 1. The molecule has 0 unspecified atom stereocenters. The van der Waals surface area contributed by atoms with E-state index in [-0.39, 0.29) is 12.5 Å². The average molecular weight is 291 g/mol. The van der Waals surface area contributed by atoms with Crippen LogP contribution in [-0.4, -0.2) is 43.6 Å². The number of benzene rings is 1. The first-order valence-corrected chi connectivity index (χ1v) is 7.71. The molecule has 116 valence electrons. The van der Waals surface area contributed by atoms with Crippen LogP contribution in [0.4, 0.5) is 5.69 Å². The number of rotatable bonds is 8. The van der Waals surface area contributed by atoms with E-state index in [1.54, 1.807) is 0 Å². The third-order valence-electron chi connectivity index (χ3n) is 3.73. The molecule has 0 saturated heterocycles. The van der Waals surface area contributed by atoms with Crippen molar-refractivity contribution >= 4 is 11.6 Å². The van der Waals surface area contributed by atoms with Crippen molar-refractivity contribution in [2.75, 3.05) is 38.1 Å². The third kappa shape index (κ3) is 4.72. The Bertz CT molecular complexity index is 473. The molecule has 5 nitrogen and oxygen atoms in total. The Labute approximate surface area is 126 Å². The largest absolute Gasteiger partial charge is 0.482 e. The Kier molecular flexibility index (Phi) is 6.02. The number of nitrogens with one attached hydrogen (secondary N) is 2. The van der Waals surface area contributed by atoms with Crippen molar-refractivity contribution in [1.29, 1.82) is 0 Å². The van der Waals surface area contributed by atoms with Crippen molar-refractivity contribution in [2.24, 2.45) is 0 Å². The fourth-order valence-corrected chi connectivity index (χ4v) is 2.44. The molecule has 0 aromatic heterocycles. The van der Waals surface area contributed by atoms with Crippen LogP contribution in [0.25, 0.3) is 0 Å². The van der Waals surface area contributed by atoms with Gasteiger partial charge >= 0.3 is 0 Å².